The van der Waals surface area contributed by atoms with E-state index in [1.807, 2.05) is 16.6 Å². The number of rotatable bonds is 3. The molecule has 4 nitrogen and oxygen atoms in total. The Morgan fingerprint density at radius 2 is 1.81 bits per heavy atom. The molecule has 1 aromatic carbocycles. The summed E-state index contributed by atoms with van der Waals surface area (Å²) in [5.41, 5.74) is 5.37. The zero-order chi connectivity index (χ0) is 18.3. The lowest BCUT2D eigenvalue weighted by molar-refractivity contribution is 0.0672. The van der Waals surface area contributed by atoms with Crippen molar-refractivity contribution in [2.45, 2.75) is 64.8 Å². The van der Waals surface area contributed by atoms with Gasteiger partial charge in [-0.3, -0.25) is 4.79 Å². The van der Waals surface area contributed by atoms with Crippen molar-refractivity contribution in [3.8, 4) is 5.69 Å². The molecule has 1 fully saturated rings. The van der Waals surface area contributed by atoms with Crippen LogP contribution in [-0.4, -0.2) is 33.7 Å². The van der Waals surface area contributed by atoms with Gasteiger partial charge in [0.05, 0.1) is 5.69 Å². The van der Waals surface area contributed by atoms with Gasteiger partial charge < -0.3 is 4.90 Å². The Bertz CT molecular complexity index is 798. The van der Waals surface area contributed by atoms with Gasteiger partial charge in [-0.05, 0) is 69.9 Å². The molecule has 0 N–H and O–H groups in total. The summed E-state index contributed by atoms with van der Waals surface area (Å²) in [5, 5.41) is 4.79. The van der Waals surface area contributed by atoms with Gasteiger partial charge in [-0.2, -0.15) is 5.10 Å². The molecule has 0 unspecified atom stereocenters. The average molecular weight is 351 g/mol. The molecule has 0 atom stereocenters. The number of aryl methyl sites for hydroxylation is 1. The minimum atomic E-state index is 0.105. The fraction of sp³-hybridized carbons (Fsp3) is 0.545. The normalized spacial score (nSPS) is 22.3. The Hall–Kier alpha value is -2.10. The van der Waals surface area contributed by atoms with Crippen LogP contribution in [0.1, 0.15) is 66.3 Å². The molecule has 4 heteroatoms. The highest BCUT2D eigenvalue weighted by Crippen LogP contribution is 2.31. The molecule has 138 valence electrons. The number of hydrogen-bond acceptors (Lipinski definition) is 2. The molecule has 26 heavy (non-hydrogen) atoms. The molecule has 1 saturated carbocycles. The van der Waals surface area contributed by atoms with Crippen LogP contribution in [0.25, 0.3) is 5.69 Å². The molecular formula is C22H29N3O. The van der Waals surface area contributed by atoms with Crippen molar-refractivity contribution in [2.24, 2.45) is 5.92 Å². The summed E-state index contributed by atoms with van der Waals surface area (Å²) in [7, 11) is 1.97. The third-order valence-electron chi connectivity index (χ3n) is 6.26. The van der Waals surface area contributed by atoms with Gasteiger partial charge in [0.15, 0.2) is 5.69 Å². The topological polar surface area (TPSA) is 38.1 Å². The molecule has 0 aliphatic heterocycles. The van der Waals surface area contributed by atoms with Crippen molar-refractivity contribution in [3.05, 3.63) is 46.8 Å². The summed E-state index contributed by atoms with van der Waals surface area (Å²) in [5.74, 6) is 0.897. The highest BCUT2D eigenvalue weighted by Gasteiger charge is 2.32. The Kier molecular flexibility index (Phi) is 4.60. The first-order chi connectivity index (χ1) is 12.5. The SMILES string of the molecule is Cc1ccc(-n2nc(C(=O)N(C)C3CCC(C)CC3)c3c2CCC3)cc1. The molecule has 0 spiro atoms. The maximum atomic E-state index is 13.2. The molecular weight excluding hydrogens is 322 g/mol. The Labute approximate surface area is 156 Å². The summed E-state index contributed by atoms with van der Waals surface area (Å²) < 4.78 is 2.01. The Morgan fingerprint density at radius 3 is 2.50 bits per heavy atom. The summed E-state index contributed by atoms with van der Waals surface area (Å²) in [6.07, 6.45) is 7.76. The molecule has 2 aromatic rings. The maximum absolute atomic E-state index is 13.2. The zero-order valence-electron chi connectivity index (χ0n) is 16.2. The summed E-state index contributed by atoms with van der Waals surface area (Å²) in [4.78, 5) is 15.2. The molecule has 1 aromatic heterocycles. The maximum Gasteiger partial charge on any atom is 0.274 e. The number of carbonyl (C=O) groups excluding carboxylic acids is 1. The van der Waals surface area contributed by atoms with Gasteiger partial charge in [-0.25, -0.2) is 4.68 Å². The van der Waals surface area contributed by atoms with Crippen LogP contribution in [-0.2, 0) is 12.8 Å². The number of hydrogen-bond donors (Lipinski definition) is 0. The van der Waals surface area contributed by atoms with Crippen LogP contribution in [0.2, 0.25) is 0 Å². The smallest absolute Gasteiger partial charge is 0.274 e. The summed E-state index contributed by atoms with van der Waals surface area (Å²) in [6, 6.07) is 8.77. The highest BCUT2D eigenvalue weighted by atomic mass is 16.2. The quantitative estimate of drug-likeness (QED) is 0.826. The molecule has 1 amide bonds. The summed E-state index contributed by atoms with van der Waals surface area (Å²) in [6.45, 7) is 4.40. The van der Waals surface area contributed by atoms with Gasteiger partial charge in [0.1, 0.15) is 0 Å². The second kappa shape index (κ2) is 6.90. The van der Waals surface area contributed by atoms with Crippen molar-refractivity contribution in [2.75, 3.05) is 7.05 Å². The standard InChI is InChI=1S/C22H29N3O/c1-15-7-11-17(12-8-15)24(3)22(26)21-19-5-4-6-20(19)25(23-21)18-13-9-16(2)10-14-18/h9-10,13-15,17H,4-8,11-12H2,1-3H3. The third kappa shape index (κ3) is 3.06. The number of benzene rings is 1. The van der Waals surface area contributed by atoms with Crippen molar-refractivity contribution >= 4 is 5.91 Å². The molecule has 0 bridgehead atoms. The predicted molar refractivity (Wildman–Crippen MR) is 104 cm³/mol. The summed E-state index contributed by atoms with van der Waals surface area (Å²) >= 11 is 0. The van der Waals surface area contributed by atoms with Crippen molar-refractivity contribution < 1.29 is 4.79 Å². The predicted octanol–water partition coefficient (Wildman–Crippen LogP) is 4.32. The van der Waals surface area contributed by atoms with E-state index in [0.717, 1.165) is 43.7 Å². The number of aromatic nitrogens is 2. The van der Waals surface area contributed by atoms with Crippen molar-refractivity contribution in [1.29, 1.82) is 0 Å². The van der Waals surface area contributed by atoms with Gasteiger partial charge in [-0.15, -0.1) is 0 Å². The van der Waals surface area contributed by atoms with Gasteiger partial charge in [0.25, 0.3) is 5.91 Å². The van der Waals surface area contributed by atoms with E-state index < -0.39 is 0 Å². The average Bonchev–Trinajstić information content (AvgIpc) is 3.25. The van der Waals surface area contributed by atoms with E-state index in [2.05, 4.69) is 38.1 Å². The van der Waals surface area contributed by atoms with E-state index in [-0.39, 0.29) is 5.91 Å². The van der Waals surface area contributed by atoms with E-state index in [4.69, 9.17) is 5.10 Å². The van der Waals surface area contributed by atoms with E-state index in [0.29, 0.717) is 11.7 Å². The van der Waals surface area contributed by atoms with E-state index in [1.54, 1.807) is 0 Å². The van der Waals surface area contributed by atoms with Crippen LogP contribution < -0.4 is 0 Å². The fourth-order valence-corrected chi connectivity index (χ4v) is 4.47. The molecule has 1 heterocycles. The van der Waals surface area contributed by atoms with Crippen LogP contribution >= 0.6 is 0 Å². The lowest BCUT2D eigenvalue weighted by Crippen LogP contribution is -2.39. The van der Waals surface area contributed by atoms with E-state index in [1.165, 1.54) is 29.7 Å². The monoisotopic (exact) mass is 351 g/mol. The highest BCUT2D eigenvalue weighted by molar-refractivity contribution is 5.94. The molecule has 4 rings (SSSR count). The Balaban J connectivity index is 1.63. The largest absolute Gasteiger partial charge is 0.337 e. The minimum Gasteiger partial charge on any atom is -0.337 e. The lowest BCUT2D eigenvalue weighted by Gasteiger charge is -2.33. The van der Waals surface area contributed by atoms with Gasteiger partial charge in [0, 0.05) is 24.3 Å². The molecule has 0 radical (unpaired) electrons. The second-order valence-corrected chi connectivity index (χ2v) is 8.20. The number of amides is 1. The third-order valence-corrected chi connectivity index (χ3v) is 6.26. The molecule has 0 saturated heterocycles. The first-order valence-corrected chi connectivity index (χ1v) is 9.99. The number of nitrogens with zero attached hydrogens (tertiary/aromatic N) is 3. The van der Waals surface area contributed by atoms with Crippen LogP contribution in [0.4, 0.5) is 0 Å². The van der Waals surface area contributed by atoms with Crippen LogP contribution in [0.5, 0.6) is 0 Å². The van der Waals surface area contributed by atoms with Crippen molar-refractivity contribution in [3.63, 3.8) is 0 Å². The van der Waals surface area contributed by atoms with Gasteiger partial charge in [0.2, 0.25) is 0 Å². The number of carbonyl (C=O) groups is 1. The second-order valence-electron chi connectivity index (χ2n) is 8.20. The first-order valence-electron chi connectivity index (χ1n) is 9.99. The van der Waals surface area contributed by atoms with Gasteiger partial charge in [-0.1, -0.05) is 24.6 Å². The van der Waals surface area contributed by atoms with E-state index in [9.17, 15) is 4.79 Å². The van der Waals surface area contributed by atoms with Crippen LogP contribution in [0.15, 0.2) is 24.3 Å². The minimum absolute atomic E-state index is 0.105. The van der Waals surface area contributed by atoms with E-state index >= 15 is 0 Å². The van der Waals surface area contributed by atoms with Crippen LogP contribution in [0, 0.1) is 12.8 Å². The zero-order valence-corrected chi connectivity index (χ0v) is 16.2. The van der Waals surface area contributed by atoms with Gasteiger partial charge >= 0.3 is 0 Å². The van der Waals surface area contributed by atoms with Crippen molar-refractivity contribution in [1.82, 2.24) is 14.7 Å². The Morgan fingerprint density at radius 1 is 1.12 bits per heavy atom. The fourth-order valence-electron chi connectivity index (χ4n) is 4.47. The molecule has 2 aliphatic rings. The van der Waals surface area contributed by atoms with Crippen LogP contribution in [0.3, 0.4) is 0 Å². The molecule has 2 aliphatic carbocycles. The lowest BCUT2D eigenvalue weighted by atomic mass is 9.86. The first kappa shape index (κ1) is 17.3. The number of fused-ring (bicyclic) bond motifs is 1.